The van der Waals surface area contributed by atoms with Gasteiger partial charge in [0.1, 0.15) is 0 Å². The van der Waals surface area contributed by atoms with Gasteiger partial charge in [0.05, 0.1) is 0 Å². The van der Waals surface area contributed by atoms with Gasteiger partial charge < -0.3 is 11.1 Å². The van der Waals surface area contributed by atoms with E-state index >= 15 is 0 Å². The van der Waals surface area contributed by atoms with Gasteiger partial charge in [-0.2, -0.15) is 0 Å². The third-order valence-corrected chi connectivity index (χ3v) is 8.62. The number of rotatable bonds is 4. The summed E-state index contributed by atoms with van der Waals surface area (Å²) in [5, 5.41) is 11.5. The molecule has 0 radical (unpaired) electrons. The minimum absolute atomic E-state index is 0.275. The van der Waals surface area contributed by atoms with Crippen LogP contribution in [-0.2, 0) is 0 Å². The first-order chi connectivity index (χ1) is 19.2. The normalized spacial score (nSPS) is 19.6. The van der Waals surface area contributed by atoms with Crippen LogP contribution < -0.4 is 11.1 Å². The van der Waals surface area contributed by atoms with Crippen molar-refractivity contribution in [2.75, 3.05) is 0 Å². The Hall–Kier alpha value is -4.30. The third kappa shape index (κ3) is 4.21. The van der Waals surface area contributed by atoms with Crippen molar-refractivity contribution in [3.05, 3.63) is 126 Å². The standard InChI is InChI=1S/C37H34N2/c1-24-9-8-16-34(38)37(24)39-29-21-19-26(20-22-29)35-30-12-4-6-14-32(30)36(33-15-7-5-13-31(33)35)28-18-17-25-10-2-3-11-27(25)23-28/h2-7,10-15,17-21,23-24,29,39H,8-9,16,22,38H2,1H3. The summed E-state index contributed by atoms with van der Waals surface area (Å²) in [6, 6.07) is 33.6. The van der Waals surface area contributed by atoms with E-state index in [2.05, 4.69) is 121 Å². The van der Waals surface area contributed by atoms with E-state index in [-0.39, 0.29) is 6.04 Å². The zero-order chi connectivity index (χ0) is 26.3. The van der Waals surface area contributed by atoms with Gasteiger partial charge in [-0.3, -0.25) is 0 Å². The fourth-order valence-corrected chi connectivity index (χ4v) is 6.64. The first-order valence-electron chi connectivity index (χ1n) is 14.2. The van der Waals surface area contributed by atoms with Gasteiger partial charge in [-0.05, 0) is 92.2 Å². The molecule has 5 aromatic rings. The number of fused-ring (bicyclic) bond motifs is 3. The minimum Gasteiger partial charge on any atom is -0.401 e. The van der Waals surface area contributed by atoms with Crippen molar-refractivity contribution < 1.29 is 0 Å². The predicted octanol–water partition coefficient (Wildman–Crippen LogP) is 9.11. The largest absolute Gasteiger partial charge is 0.401 e. The smallest absolute Gasteiger partial charge is 0.0480 e. The number of allylic oxidation sites excluding steroid dienone is 4. The van der Waals surface area contributed by atoms with Gasteiger partial charge in [-0.15, -0.1) is 0 Å². The van der Waals surface area contributed by atoms with Crippen LogP contribution in [0, 0.1) is 5.92 Å². The quantitative estimate of drug-likeness (QED) is 0.239. The van der Waals surface area contributed by atoms with Crippen molar-refractivity contribution in [3.8, 4) is 11.1 Å². The van der Waals surface area contributed by atoms with E-state index in [4.69, 9.17) is 5.73 Å². The second-order valence-corrected chi connectivity index (χ2v) is 11.1. The molecule has 7 rings (SSSR count). The maximum Gasteiger partial charge on any atom is 0.0480 e. The summed E-state index contributed by atoms with van der Waals surface area (Å²) in [5.74, 6) is 0.507. The zero-order valence-electron chi connectivity index (χ0n) is 22.5. The van der Waals surface area contributed by atoms with E-state index in [1.54, 1.807) is 0 Å². The minimum atomic E-state index is 0.275. The number of nitrogens with two attached hydrogens (primary N) is 1. The maximum atomic E-state index is 6.40. The summed E-state index contributed by atoms with van der Waals surface area (Å²) in [4.78, 5) is 0. The molecule has 39 heavy (non-hydrogen) atoms. The van der Waals surface area contributed by atoms with E-state index in [1.807, 2.05) is 0 Å². The van der Waals surface area contributed by atoms with Crippen molar-refractivity contribution in [2.45, 2.75) is 38.6 Å². The Labute approximate surface area is 230 Å². The number of hydrogen-bond acceptors (Lipinski definition) is 2. The van der Waals surface area contributed by atoms with Crippen molar-refractivity contribution in [1.29, 1.82) is 0 Å². The Morgan fingerprint density at radius 2 is 1.38 bits per heavy atom. The number of benzene rings is 5. The Bertz CT molecular complexity index is 1760. The molecule has 2 nitrogen and oxygen atoms in total. The van der Waals surface area contributed by atoms with Crippen molar-refractivity contribution >= 4 is 37.9 Å². The highest BCUT2D eigenvalue weighted by atomic mass is 14.9. The molecule has 192 valence electrons. The highest BCUT2D eigenvalue weighted by Crippen LogP contribution is 2.43. The molecule has 0 saturated carbocycles. The average molecular weight is 507 g/mol. The predicted molar refractivity (Wildman–Crippen MR) is 167 cm³/mol. The van der Waals surface area contributed by atoms with E-state index in [1.165, 1.54) is 73.1 Å². The van der Waals surface area contributed by atoms with Crippen LogP contribution in [0.15, 0.2) is 121 Å². The molecule has 0 spiro atoms. The lowest BCUT2D eigenvalue weighted by Crippen LogP contribution is -2.33. The summed E-state index contributed by atoms with van der Waals surface area (Å²) in [6.45, 7) is 2.29. The van der Waals surface area contributed by atoms with E-state index < -0.39 is 0 Å². The molecular weight excluding hydrogens is 472 g/mol. The van der Waals surface area contributed by atoms with Gasteiger partial charge in [0, 0.05) is 17.4 Å². The van der Waals surface area contributed by atoms with Gasteiger partial charge in [0.15, 0.2) is 0 Å². The van der Waals surface area contributed by atoms with Crippen LogP contribution in [0.3, 0.4) is 0 Å². The molecule has 0 fully saturated rings. The number of nitrogens with one attached hydrogen (secondary N) is 1. The molecule has 2 aliphatic carbocycles. The molecule has 2 heteroatoms. The van der Waals surface area contributed by atoms with Gasteiger partial charge in [0.25, 0.3) is 0 Å². The molecular formula is C37H34N2. The van der Waals surface area contributed by atoms with Gasteiger partial charge in [-0.1, -0.05) is 110 Å². The van der Waals surface area contributed by atoms with Crippen LogP contribution in [0.5, 0.6) is 0 Å². The van der Waals surface area contributed by atoms with E-state index in [0.717, 1.165) is 18.5 Å². The van der Waals surface area contributed by atoms with Crippen molar-refractivity contribution in [1.82, 2.24) is 5.32 Å². The van der Waals surface area contributed by atoms with Gasteiger partial charge in [-0.25, -0.2) is 0 Å². The highest BCUT2D eigenvalue weighted by Gasteiger charge is 2.22. The zero-order valence-corrected chi connectivity index (χ0v) is 22.5. The second-order valence-electron chi connectivity index (χ2n) is 11.1. The van der Waals surface area contributed by atoms with Gasteiger partial charge >= 0.3 is 0 Å². The van der Waals surface area contributed by atoms with Crippen LogP contribution in [0.25, 0.3) is 49.0 Å². The Morgan fingerprint density at radius 3 is 2.03 bits per heavy atom. The topological polar surface area (TPSA) is 38.0 Å². The van der Waals surface area contributed by atoms with E-state index in [0.29, 0.717) is 5.92 Å². The van der Waals surface area contributed by atoms with Crippen LogP contribution in [0.1, 0.15) is 38.2 Å². The molecule has 0 heterocycles. The number of hydrogen-bond donors (Lipinski definition) is 2. The van der Waals surface area contributed by atoms with Crippen LogP contribution >= 0.6 is 0 Å². The Balaban J connectivity index is 1.35. The molecule has 0 bridgehead atoms. The van der Waals surface area contributed by atoms with Crippen LogP contribution in [-0.4, -0.2) is 6.04 Å². The van der Waals surface area contributed by atoms with Crippen molar-refractivity contribution in [3.63, 3.8) is 0 Å². The SMILES string of the molecule is CC1CCCC(N)=C1NC1C=CC(c2c3ccccc3c(-c3ccc4ccccc4c3)c3ccccc23)=CC1. The van der Waals surface area contributed by atoms with E-state index in [9.17, 15) is 0 Å². The molecule has 0 aromatic heterocycles. The molecule has 2 aliphatic rings. The first-order valence-corrected chi connectivity index (χ1v) is 14.2. The summed E-state index contributed by atoms with van der Waals surface area (Å²) >= 11 is 0. The monoisotopic (exact) mass is 506 g/mol. The molecule has 0 aliphatic heterocycles. The summed E-state index contributed by atoms with van der Waals surface area (Å²) in [6.07, 6.45) is 11.4. The van der Waals surface area contributed by atoms with Gasteiger partial charge in [0.2, 0.25) is 0 Å². The maximum absolute atomic E-state index is 6.40. The fourth-order valence-electron chi connectivity index (χ4n) is 6.64. The lowest BCUT2D eigenvalue weighted by atomic mass is 9.84. The van der Waals surface area contributed by atoms with Crippen LogP contribution in [0.2, 0.25) is 0 Å². The Morgan fingerprint density at radius 1 is 0.744 bits per heavy atom. The molecule has 2 atom stereocenters. The van der Waals surface area contributed by atoms with Crippen molar-refractivity contribution in [2.24, 2.45) is 11.7 Å². The first kappa shape index (κ1) is 23.8. The molecule has 2 unspecified atom stereocenters. The summed E-state index contributed by atoms with van der Waals surface area (Å²) in [5.41, 5.74) is 13.9. The molecule has 3 N–H and O–H groups in total. The highest BCUT2D eigenvalue weighted by molar-refractivity contribution is 6.19. The average Bonchev–Trinajstić information content (AvgIpc) is 2.98. The molecule has 5 aromatic carbocycles. The fraction of sp³-hybridized carbons (Fsp3) is 0.189. The second kappa shape index (κ2) is 9.78. The van der Waals surface area contributed by atoms with Crippen LogP contribution in [0.4, 0.5) is 0 Å². The summed E-state index contributed by atoms with van der Waals surface area (Å²) in [7, 11) is 0. The lowest BCUT2D eigenvalue weighted by molar-refractivity contribution is 0.475. The Kier molecular flexibility index (Phi) is 5.97. The molecule has 0 amide bonds. The third-order valence-electron chi connectivity index (χ3n) is 8.62. The summed E-state index contributed by atoms with van der Waals surface area (Å²) < 4.78 is 0. The lowest BCUT2D eigenvalue weighted by Gasteiger charge is -2.29. The molecule has 0 saturated heterocycles.